The van der Waals surface area contributed by atoms with Crippen LogP contribution in [0.15, 0.2) is 0 Å². The van der Waals surface area contributed by atoms with Gasteiger partial charge in [0, 0.05) is 25.2 Å². The van der Waals surface area contributed by atoms with Crippen LogP contribution in [0.3, 0.4) is 0 Å². The van der Waals surface area contributed by atoms with E-state index in [0.717, 1.165) is 26.2 Å². The first kappa shape index (κ1) is 22.0. The molecule has 0 aromatic rings. The van der Waals surface area contributed by atoms with E-state index in [1.54, 1.807) is 0 Å². The Bertz CT molecular complexity index is 367. The van der Waals surface area contributed by atoms with E-state index in [1.807, 2.05) is 0 Å². The second-order valence-corrected chi connectivity index (χ2v) is 7.16. The number of amides is 1. The Balaban J connectivity index is 0.00000144. The van der Waals surface area contributed by atoms with Crippen LogP contribution in [0.5, 0.6) is 0 Å². The molecule has 0 aromatic carbocycles. The summed E-state index contributed by atoms with van der Waals surface area (Å²) in [6, 6.07) is 0. The fourth-order valence-corrected chi connectivity index (χ4v) is 4.30. The average Bonchev–Trinajstić information content (AvgIpc) is 3.05. The molecule has 3 rings (SSSR count). The first-order valence-corrected chi connectivity index (χ1v) is 9.13. The van der Waals surface area contributed by atoms with E-state index in [1.165, 1.54) is 58.0 Å². The van der Waals surface area contributed by atoms with Crippen LogP contribution in [0.25, 0.3) is 0 Å². The summed E-state index contributed by atoms with van der Waals surface area (Å²) in [6.45, 7) is 5.67. The van der Waals surface area contributed by atoms with E-state index in [-0.39, 0.29) is 42.4 Å². The number of piperidine rings is 1. The van der Waals surface area contributed by atoms with Crippen molar-refractivity contribution in [2.75, 3.05) is 39.3 Å². The summed E-state index contributed by atoms with van der Waals surface area (Å²) in [5.74, 6) is 0.150. The number of hydrogen-bond donors (Lipinski definition) is 2. The Morgan fingerprint density at radius 3 is 2.46 bits per heavy atom. The summed E-state index contributed by atoms with van der Waals surface area (Å²) in [5.41, 5.74) is 0.238. The van der Waals surface area contributed by atoms with E-state index in [0.29, 0.717) is 6.42 Å². The van der Waals surface area contributed by atoms with Crippen LogP contribution in [0.2, 0.25) is 0 Å². The van der Waals surface area contributed by atoms with Gasteiger partial charge in [0.1, 0.15) is 0 Å². The zero-order valence-corrected chi connectivity index (χ0v) is 16.2. The lowest BCUT2D eigenvalue weighted by atomic mass is 9.92. The molecule has 2 aliphatic heterocycles. The lowest BCUT2D eigenvalue weighted by Crippen LogP contribution is -2.56. The topological polar surface area (TPSA) is 53.6 Å². The summed E-state index contributed by atoms with van der Waals surface area (Å²) in [6.07, 6.45) is 9.64. The Kier molecular flexibility index (Phi) is 9.90. The van der Waals surface area contributed by atoms with Gasteiger partial charge in [0.15, 0.2) is 0 Å². The smallest absolute Gasteiger partial charge is 0.222 e. The first-order chi connectivity index (χ1) is 10.8. The zero-order valence-electron chi connectivity index (χ0n) is 14.6. The SMILES string of the molecule is Cl.Cl.O=C(CC1CNCCO1)NCC1(N2CCCCC2)CCCC1. The van der Waals surface area contributed by atoms with Gasteiger partial charge >= 0.3 is 0 Å². The van der Waals surface area contributed by atoms with Crippen molar-refractivity contribution in [3.05, 3.63) is 0 Å². The molecule has 1 atom stereocenters. The summed E-state index contributed by atoms with van der Waals surface area (Å²) < 4.78 is 5.63. The fourth-order valence-electron chi connectivity index (χ4n) is 4.30. The highest BCUT2D eigenvalue weighted by Crippen LogP contribution is 2.36. The van der Waals surface area contributed by atoms with Crippen molar-refractivity contribution in [2.24, 2.45) is 0 Å². The van der Waals surface area contributed by atoms with Gasteiger partial charge in [-0.15, -0.1) is 24.8 Å². The molecule has 0 bridgehead atoms. The largest absolute Gasteiger partial charge is 0.375 e. The normalized spacial score (nSPS) is 26.9. The van der Waals surface area contributed by atoms with Gasteiger partial charge in [-0.1, -0.05) is 19.3 Å². The van der Waals surface area contributed by atoms with Crippen LogP contribution in [-0.4, -0.2) is 61.8 Å². The second kappa shape index (κ2) is 10.8. The number of likely N-dealkylation sites (tertiary alicyclic amines) is 1. The number of carbonyl (C=O) groups excluding carboxylic acids is 1. The Morgan fingerprint density at radius 2 is 1.83 bits per heavy atom. The zero-order chi connectivity index (χ0) is 15.3. The number of rotatable bonds is 5. The van der Waals surface area contributed by atoms with Gasteiger partial charge < -0.3 is 15.4 Å². The summed E-state index contributed by atoms with van der Waals surface area (Å²) >= 11 is 0. The van der Waals surface area contributed by atoms with Crippen LogP contribution in [-0.2, 0) is 9.53 Å². The average molecular weight is 382 g/mol. The molecule has 0 aromatic heterocycles. The van der Waals surface area contributed by atoms with E-state index < -0.39 is 0 Å². The molecule has 0 radical (unpaired) electrons. The highest BCUT2D eigenvalue weighted by atomic mass is 35.5. The van der Waals surface area contributed by atoms with Gasteiger partial charge in [0.2, 0.25) is 5.91 Å². The van der Waals surface area contributed by atoms with Crippen LogP contribution in [0.1, 0.15) is 51.4 Å². The Morgan fingerprint density at radius 1 is 1.12 bits per heavy atom. The third-order valence-corrected chi connectivity index (χ3v) is 5.59. The van der Waals surface area contributed by atoms with Crippen molar-refractivity contribution in [3.63, 3.8) is 0 Å². The number of nitrogens with one attached hydrogen (secondary N) is 2. The quantitative estimate of drug-likeness (QED) is 0.765. The van der Waals surface area contributed by atoms with Crippen LogP contribution in [0, 0.1) is 0 Å². The van der Waals surface area contributed by atoms with Crippen molar-refractivity contribution in [2.45, 2.75) is 63.0 Å². The molecule has 1 unspecified atom stereocenters. The van der Waals surface area contributed by atoms with E-state index in [4.69, 9.17) is 4.74 Å². The third kappa shape index (κ3) is 5.73. The minimum Gasteiger partial charge on any atom is -0.375 e. The predicted molar refractivity (Wildman–Crippen MR) is 101 cm³/mol. The lowest BCUT2D eigenvalue weighted by Gasteiger charge is -2.43. The van der Waals surface area contributed by atoms with Gasteiger partial charge in [0.05, 0.1) is 19.1 Å². The molecule has 1 amide bonds. The molecular formula is C17H33Cl2N3O2. The molecule has 142 valence electrons. The van der Waals surface area contributed by atoms with Gasteiger partial charge in [-0.05, 0) is 38.8 Å². The van der Waals surface area contributed by atoms with Gasteiger partial charge in [-0.2, -0.15) is 0 Å². The van der Waals surface area contributed by atoms with Crippen LogP contribution < -0.4 is 10.6 Å². The molecule has 1 aliphatic carbocycles. The maximum atomic E-state index is 12.3. The van der Waals surface area contributed by atoms with Gasteiger partial charge in [0.25, 0.3) is 0 Å². The standard InChI is InChI=1S/C17H31N3O2.2ClH/c21-16(12-15-13-18-8-11-22-15)19-14-17(6-2-3-7-17)20-9-4-1-5-10-20;;/h15,18H,1-14H2,(H,19,21);2*1H. The molecule has 5 nitrogen and oxygen atoms in total. The van der Waals surface area contributed by atoms with E-state index in [2.05, 4.69) is 15.5 Å². The molecule has 0 spiro atoms. The first-order valence-electron chi connectivity index (χ1n) is 9.13. The molecule has 3 aliphatic rings. The molecule has 3 fully saturated rings. The highest BCUT2D eigenvalue weighted by molar-refractivity contribution is 5.85. The third-order valence-electron chi connectivity index (χ3n) is 5.59. The molecule has 7 heteroatoms. The van der Waals surface area contributed by atoms with E-state index >= 15 is 0 Å². The van der Waals surface area contributed by atoms with Crippen molar-refractivity contribution < 1.29 is 9.53 Å². The molecule has 2 N–H and O–H groups in total. The number of carbonyl (C=O) groups is 1. The maximum Gasteiger partial charge on any atom is 0.222 e. The van der Waals surface area contributed by atoms with E-state index in [9.17, 15) is 4.79 Å². The Hall–Kier alpha value is -0.0700. The fraction of sp³-hybridized carbons (Fsp3) is 0.941. The maximum absolute atomic E-state index is 12.3. The predicted octanol–water partition coefficient (Wildman–Crippen LogP) is 2.12. The highest BCUT2D eigenvalue weighted by Gasteiger charge is 2.40. The number of hydrogen-bond acceptors (Lipinski definition) is 4. The minimum absolute atomic E-state index is 0. The number of ether oxygens (including phenoxy) is 1. The summed E-state index contributed by atoms with van der Waals surface area (Å²) in [4.78, 5) is 14.9. The molecular weight excluding hydrogens is 349 g/mol. The minimum atomic E-state index is 0. The van der Waals surface area contributed by atoms with Crippen LogP contribution >= 0.6 is 24.8 Å². The summed E-state index contributed by atoms with van der Waals surface area (Å²) in [7, 11) is 0. The summed E-state index contributed by atoms with van der Waals surface area (Å²) in [5, 5.41) is 6.51. The van der Waals surface area contributed by atoms with Crippen molar-refractivity contribution in [3.8, 4) is 0 Å². The number of morpholine rings is 1. The van der Waals surface area contributed by atoms with Crippen molar-refractivity contribution >= 4 is 30.7 Å². The van der Waals surface area contributed by atoms with Gasteiger partial charge in [-0.3, -0.25) is 9.69 Å². The van der Waals surface area contributed by atoms with Crippen LogP contribution in [0.4, 0.5) is 0 Å². The molecule has 24 heavy (non-hydrogen) atoms. The monoisotopic (exact) mass is 381 g/mol. The second-order valence-electron chi connectivity index (χ2n) is 7.16. The lowest BCUT2D eigenvalue weighted by molar-refractivity contribution is -0.125. The van der Waals surface area contributed by atoms with Crippen molar-refractivity contribution in [1.29, 1.82) is 0 Å². The molecule has 2 heterocycles. The molecule has 2 saturated heterocycles. The molecule has 1 saturated carbocycles. The van der Waals surface area contributed by atoms with Crippen molar-refractivity contribution in [1.82, 2.24) is 15.5 Å². The number of nitrogens with zero attached hydrogens (tertiary/aromatic N) is 1. The Labute approximate surface area is 158 Å². The van der Waals surface area contributed by atoms with Gasteiger partial charge in [-0.25, -0.2) is 0 Å². The number of halogens is 2.